The van der Waals surface area contributed by atoms with E-state index >= 15 is 0 Å². The quantitative estimate of drug-likeness (QED) is 0.116. The minimum atomic E-state index is -0.605. The molecule has 2 atom stereocenters. The number of aliphatic hydroxyl groups excluding tert-OH is 1. The van der Waals surface area contributed by atoms with Crippen LogP contribution in [0.1, 0.15) is 58.6 Å². The van der Waals surface area contributed by atoms with Crippen LogP contribution in [0.2, 0.25) is 0 Å². The summed E-state index contributed by atoms with van der Waals surface area (Å²) < 4.78 is 6.41. The van der Waals surface area contributed by atoms with E-state index in [4.69, 9.17) is 4.74 Å². The second-order valence-electron chi connectivity index (χ2n) is 12.4. The van der Waals surface area contributed by atoms with Gasteiger partial charge in [-0.2, -0.15) is 0 Å². The van der Waals surface area contributed by atoms with Gasteiger partial charge in [-0.1, -0.05) is 127 Å². The van der Waals surface area contributed by atoms with Crippen molar-refractivity contribution in [3.8, 4) is 17.2 Å². The van der Waals surface area contributed by atoms with E-state index in [0.29, 0.717) is 13.0 Å². The van der Waals surface area contributed by atoms with E-state index in [9.17, 15) is 20.4 Å². The lowest BCUT2D eigenvalue weighted by atomic mass is 9.73. The normalized spacial score (nSPS) is 17.3. The highest BCUT2D eigenvalue weighted by molar-refractivity contribution is 5.98. The van der Waals surface area contributed by atoms with Gasteiger partial charge in [-0.05, 0) is 100 Å². The SMILES string of the molecule is OCCC/C(=C(/c1ccccc1)c1ccc(O)cc1)c1ccccc1.Oc1ccc(C2CCOC2(c2ccccc2)c2ccc(O)cc2)cc1. The molecule has 1 heterocycles. The van der Waals surface area contributed by atoms with Gasteiger partial charge < -0.3 is 25.2 Å². The Bertz CT molecular complexity index is 1950. The fraction of sp³-hybridized carbons (Fsp3) is 0.156. The molecular weight excluding hydrogens is 620 g/mol. The summed E-state index contributed by atoms with van der Waals surface area (Å²) in [5, 5.41) is 38.4. The molecule has 6 aromatic carbocycles. The molecule has 4 N–H and O–H groups in total. The number of hydrogen-bond donors (Lipinski definition) is 4. The van der Waals surface area contributed by atoms with Gasteiger partial charge in [0.25, 0.3) is 0 Å². The molecule has 1 saturated heterocycles. The molecule has 2 unspecified atom stereocenters. The Labute approximate surface area is 294 Å². The van der Waals surface area contributed by atoms with Crippen LogP contribution in [0.25, 0.3) is 11.1 Å². The average Bonchev–Trinajstić information content (AvgIpc) is 3.62. The molecule has 0 aliphatic carbocycles. The number of benzene rings is 6. The monoisotopic (exact) mass is 662 g/mol. The van der Waals surface area contributed by atoms with E-state index in [0.717, 1.165) is 51.8 Å². The number of allylic oxidation sites excluding steroid dienone is 1. The highest BCUT2D eigenvalue weighted by atomic mass is 16.5. The van der Waals surface area contributed by atoms with Gasteiger partial charge in [-0.25, -0.2) is 0 Å². The zero-order valence-corrected chi connectivity index (χ0v) is 27.9. The Morgan fingerprint density at radius 3 is 1.56 bits per heavy atom. The number of hydrogen-bond acceptors (Lipinski definition) is 5. The Morgan fingerprint density at radius 1 is 0.540 bits per heavy atom. The maximum absolute atomic E-state index is 9.70. The Morgan fingerprint density at radius 2 is 1.00 bits per heavy atom. The lowest BCUT2D eigenvalue weighted by Crippen LogP contribution is -2.32. The lowest BCUT2D eigenvalue weighted by molar-refractivity contribution is 0.0262. The summed E-state index contributed by atoms with van der Waals surface area (Å²) in [6.45, 7) is 0.815. The predicted molar refractivity (Wildman–Crippen MR) is 200 cm³/mol. The zero-order chi connectivity index (χ0) is 34.8. The molecule has 0 radical (unpaired) electrons. The molecule has 7 rings (SSSR count). The van der Waals surface area contributed by atoms with E-state index in [-0.39, 0.29) is 29.8 Å². The van der Waals surface area contributed by atoms with E-state index in [1.165, 1.54) is 5.57 Å². The van der Waals surface area contributed by atoms with Gasteiger partial charge in [0, 0.05) is 19.1 Å². The smallest absolute Gasteiger partial charge is 0.125 e. The Kier molecular flexibility index (Phi) is 11.1. The molecule has 50 heavy (non-hydrogen) atoms. The van der Waals surface area contributed by atoms with Crippen molar-refractivity contribution in [1.82, 2.24) is 0 Å². The van der Waals surface area contributed by atoms with Crippen LogP contribution in [0.5, 0.6) is 17.2 Å². The molecule has 0 amide bonds. The average molecular weight is 663 g/mol. The number of ether oxygens (including phenoxy) is 1. The maximum Gasteiger partial charge on any atom is 0.125 e. The van der Waals surface area contributed by atoms with Gasteiger partial charge in [0.2, 0.25) is 0 Å². The first-order valence-electron chi connectivity index (χ1n) is 17.0. The van der Waals surface area contributed by atoms with Crippen molar-refractivity contribution < 1.29 is 25.2 Å². The van der Waals surface area contributed by atoms with Gasteiger partial charge in [0.05, 0.1) is 0 Å². The fourth-order valence-corrected chi connectivity index (χ4v) is 6.94. The Hall–Kier alpha value is -5.62. The van der Waals surface area contributed by atoms with Gasteiger partial charge in [0.1, 0.15) is 22.8 Å². The van der Waals surface area contributed by atoms with Gasteiger partial charge >= 0.3 is 0 Å². The van der Waals surface area contributed by atoms with Crippen LogP contribution >= 0.6 is 0 Å². The van der Waals surface area contributed by atoms with Crippen molar-refractivity contribution in [3.05, 3.63) is 197 Å². The van der Waals surface area contributed by atoms with Crippen molar-refractivity contribution in [3.63, 3.8) is 0 Å². The first-order chi connectivity index (χ1) is 24.5. The minimum Gasteiger partial charge on any atom is -0.508 e. The summed E-state index contributed by atoms with van der Waals surface area (Å²) >= 11 is 0. The number of rotatable bonds is 9. The van der Waals surface area contributed by atoms with E-state index in [1.807, 2.05) is 91.0 Å². The molecule has 0 aromatic heterocycles. The molecule has 252 valence electrons. The first-order valence-corrected chi connectivity index (χ1v) is 17.0. The molecule has 1 aliphatic heterocycles. The van der Waals surface area contributed by atoms with Gasteiger partial charge in [0.15, 0.2) is 0 Å². The molecule has 0 saturated carbocycles. The molecular formula is C45H42O5. The molecule has 1 fully saturated rings. The van der Waals surface area contributed by atoms with Crippen molar-refractivity contribution in [2.45, 2.75) is 30.8 Å². The molecule has 5 nitrogen and oxygen atoms in total. The number of phenolic OH excluding ortho intramolecular Hbond substituents is 3. The summed E-state index contributed by atoms with van der Waals surface area (Å²) in [6, 6.07) is 52.8. The van der Waals surface area contributed by atoms with Crippen LogP contribution < -0.4 is 0 Å². The van der Waals surface area contributed by atoms with E-state index in [2.05, 4.69) is 36.4 Å². The molecule has 0 spiro atoms. The van der Waals surface area contributed by atoms with Crippen LogP contribution in [0, 0.1) is 0 Å². The van der Waals surface area contributed by atoms with Crippen LogP contribution in [-0.2, 0) is 10.3 Å². The summed E-state index contributed by atoms with van der Waals surface area (Å²) in [5.41, 5.74) is 8.32. The number of phenols is 3. The standard InChI is InChI=1S/C23H22O2.C22H20O3/c24-17-7-12-22(18-8-3-1-4-9-18)23(19-10-5-2-6-11-19)20-13-15-21(25)16-14-20;23-19-10-6-16(7-11-19)21-14-15-25-22(21,17-4-2-1-3-5-17)18-8-12-20(24)13-9-18/h1-6,8-11,13-16,24-25H,7,12,17H2;1-13,21,23-24H,14-15H2/b23-22+;. The summed E-state index contributed by atoms with van der Waals surface area (Å²) in [5.74, 6) is 0.886. The van der Waals surface area contributed by atoms with E-state index in [1.54, 1.807) is 36.4 Å². The van der Waals surface area contributed by atoms with Crippen molar-refractivity contribution in [1.29, 1.82) is 0 Å². The fourth-order valence-electron chi connectivity index (χ4n) is 6.94. The highest BCUT2D eigenvalue weighted by Crippen LogP contribution is 2.51. The topological polar surface area (TPSA) is 90.2 Å². The second-order valence-corrected chi connectivity index (χ2v) is 12.4. The number of aromatic hydroxyl groups is 3. The highest BCUT2D eigenvalue weighted by Gasteiger charge is 2.47. The third-order valence-electron chi connectivity index (χ3n) is 9.25. The van der Waals surface area contributed by atoms with Crippen molar-refractivity contribution in [2.24, 2.45) is 0 Å². The van der Waals surface area contributed by atoms with Crippen LogP contribution in [-0.4, -0.2) is 33.6 Å². The minimum absolute atomic E-state index is 0.125. The predicted octanol–water partition coefficient (Wildman–Crippen LogP) is 9.67. The maximum atomic E-state index is 9.70. The van der Waals surface area contributed by atoms with Gasteiger partial charge in [-0.15, -0.1) is 0 Å². The molecule has 6 aromatic rings. The van der Waals surface area contributed by atoms with Crippen LogP contribution in [0.4, 0.5) is 0 Å². The number of aliphatic hydroxyl groups is 1. The molecule has 0 bridgehead atoms. The van der Waals surface area contributed by atoms with Gasteiger partial charge in [-0.3, -0.25) is 0 Å². The Balaban J connectivity index is 0.000000173. The summed E-state index contributed by atoms with van der Waals surface area (Å²) in [6.07, 6.45) is 2.38. The zero-order valence-electron chi connectivity index (χ0n) is 27.9. The van der Waals surface area contributed by atoms with Crippen LogP contribution in [0.15, 0.2) is 164 Å². The first kappa shape index (κ1) is 34.3. The third-order valence-corrected chi connectivity index (χ3v) is 9.25. The third kappa shape index (κ3) is 7.65. The largest absolute Gasteiger partial charge is 0.508 e. The molecule has 5 heteroatoms. The van der Waals surface area contributed by atoms with Crippen molar-refractivity contribution in [2.75, 3.05) is 13.2 Å². The second kappa shape index (κ2) is 16.2. The van der Waals surface area contributed by atoms with Crippen molar-refractivity contribution >= 4 is 11.1 Å². The molecule has 1 aliphatic rings. The van der Waals surface area contributed by atoms with Crippen LogP contribution in [0.3, 0.4) is 0 Å². The summed E-state index contributed by atoms with van der Waals surface area (Å²) in [4.78, 5) is 0. The lowest BCUT2D eigenvalue weighted by Gasteiger charge is -2.36. The summed E-state index contributed by atoms with van der Waals surface area (Å²) in [7, 11) is 0. The van der Waals surface area contributed by atoms with E-state index < -0.39 is 5.60 Å².